The minimum absolute atomic E-state index is 0.766. The van der Waals surface area contributed by atoms with E-state index in [0.717, 1.165) is 10.7 Å². The van der Waals surface area contributed by atoms with Crippen LogP contribution in [0.1, 0.15) is 0 Å². The summed E-state index contributed by atoms with van der Waals surface area (Å²) in [7, 11) is 0. The van der Waals surface area contributed by atoms with Crippen LogP contribution in [0.15, 0.2) is 60.0 Å². The zero-order valence-electron chi connectivity index (χ0n) is 10.0. The Morgan fingerprint density at radius 1 is 0.842 bits per heavy atom. The summed E-state index contributed by atoms with van der Waals surface area (Å²) in [5.41, 5.74) is 3.65. The van der Waals surface area contributed by atoms with Gasteiger partial charge in [0, 0.05) is 16.1 Å². The second-order valence-corrected chi connectivity index (χ2v) is 5.82. The zero-order valence-corrected chi connectivity index (χ0v) is 11.6. The molecule has 1 nitrogen and oxygen atoms in total. The van der Waals surface area contributed by atoms with E-state index in [1.807, 2.05) is 12.1 Å². The molecule has 0 fully saturated rings. The smallest absolute Gasteiger partial charge is 0.0648 e. The van der Waals surface area contributed by atoms with Gasteiger partial charge in [-0.05, 0) is 41.8 Å². The van der Waals surface area contributed by atoms with Crippen LogP contribution < -0.4 is 0 Å². The van der Waals surface area contributed by atoms with E-state index < -0.39 is 0 Å². The van der Waals surface area contributed by atoms with Crippen molar-refractivity contribution in [2.24, 2.45) is 0 Å². The molecule has 92 valence electrons. The molecule has 0 saturated carbocycles. The molecule has 2 aromatic carbocycles. The standard InChI is InChI=1S/C16H10ClNS/c17-11-5-7-12(8-6-11)18-14-4-2-1-3-13(14)16-15(18)9-10-19-16/h1-10H. The van der Waals surface area contributed by atoms with Crippen molar-refractivity contribution in [1.29, 1.82) is 0 Å². The van der Waals surface area contributed by atoms with Crippen molar-refractivity contribution in [2.45, 2.75) is 0 Å². The fourth-order valence-electron chi connectivity index (χ4n) is 2.54. The van der Waals surface area contributed by atoms with E-state index in [2.05, 4.69) is 52.4 Å². The van der Waals surface area contributed by atoms with Crippen LogP contribution >= 0.6 is 22.9 Å². The molecule has 0 atom stereocenters. The Morgan fingerprint density at radius 2 is 1.63 bits per heavy atom. The lowest BCUT2D eigenvalue weighted by Crippen LogP contribution is -1.92. The third-order valence-electron chi connectivity index (χ3n) is 3.36. The summed E-state index contributed by atoms with van der Waals surface area (Å²) in [6, 6.07) is 18.7. The number of hydrogen-bond donors (Lipinski definition) is 0. The Morgan fingerprint density at radius 3 is 2.47 bits per heavy atom. The number of hydrogen-bond acceptors (Lipinski definition) is 1. The highest BCUT2D eigenvalue weighted by molar-refractivity contribution is 7.18. The van der Waals surface area contributed by atoms with Crippen LogP contribution in [0.2, 0.25) is 5.02 Å². The summed E-state index contributed by atoms with van der Waals surface area (Å²) in [5.74, 6) is 0. The van der Waals surface area contributed by atoms with Crippen LogP contribution in [0, 0.1) is 0 Å². The molecular weight excluding hydrogens is 274 g/mol. The van der Waals surface area contributed by atoms with Crippen molar-refractivity contribution >= 4 is 44.1 Å². The fraction of sp³-hybridized carbons (Fsp3) is 0. The molecule has 0 aliphatic heterocycles. The molecule has 0 radical (unpaired) electrons. The molecule has 0 aliphatic rings. The van der Waals surface area contributed by atoms with Crippen LogP contribution in [0.4, 0.5) is 0 Å². The lowest BCUT2D eigenvalue weighted by atomic mass is 10.2. The van der Waals surface area contributed by atoms with Gasteiger partial charge >= 0.3 is 0 Å². The van der Waals surface area contributed by atoms with Crippen molar-refractivity contribution < 1.29 is 0 Å². The minimum Gasteiger partial charge on any atom is -0.308 e. The SMILES string of the molecule is Clc1ccc(-n2c3ccccc3c3sccc32)cc1. The molecule has 0 N–H and O–H groups in total. The monoisotopic (exact) mass is 283 g/mol. The van der Waals surface area contributed by atoms with Crippen LogP contribution in [0.25, 0.3) is 26.8 Å². The first kappa shape index (κ1) is 11.1. The first-order valence-corrected chi connectivity index (χ1v) is 7.33. The van der Waals surface area contributed by atoms with E-state index in [1.54, 1.807) is 11.3 Å². The zero-order chi connectivity index (χ0) is 12.8. The van der Waals surface area contributed by atoms with Gasteiger partial charge in [-0.15, -0.1) is 11.3 Å². The van der Waals surface area contributed by atoms with Gasteiger partial charge in [0.25, 0.3) is 0 Å². The molecule has 0 unspecified atom stereocenters. The largest absolute Gasteiger partial charge is 0.308 e. The third kappa shape index (κ3) is 1.61. The summed E-state index contributed by atoms with van der Waals surface area (Å²) >= 11 is 7.77. The number of aromatic nitrogens is 1. The molecule has 2 heterocycles. The van der Waals surface area contributed by atoms with E-state index in [9.17, 15) is 0 Å². The van der Waals surface area contributed by atoms with E-state index >= 15 is 0 Å². The number of rotatable bonds is 1. The van der Waals surface area contributed by atoms with Crippen LogP contribution in [0.3, 0.4) is 0 Å². The highest BCUT2D eigenvalue weighted by Crippen LogP contribution is 2.35. The highest BCUT2D eigenvalue weighted by Gasteiger charge is 2.12. The molecule has 0 amide bonds. The highest BCUT2D eigenvalue weighted by atomic mass is 35.5. The number of thiophene rings is 1. The van der Waals surface area contributed by atoms with Gasteiger partial charge < -0.3 is 4.57 Å². The molecule has 4 rings (SSSR count). The van der Waals surface area contributed by atoms with Crippen LogP contribution in [-0.2, 0) is 0 Å². The predicted molar refractivity (Wildman–Crippen MR) is 83.7 cm³/mol. The lowest BCUT2D eigenvalue weighted by Gasteiger charge is -2.06. The maximum absolute atomic E-state index is 5.98. The first-order chi connectivity index (χ1) is 9.34. The van der Waals surface area contributed by atoms with Gasteiger partial charge in [-0.1, -0.05) is 29.8 Å². The number of fused-ring (bicyclic) bond motifs is 3. The fourth-order valence-corrected chi connectivity index (χ4v) is 3.58. The Bertz CT molecular complexity index is 871. The topological polar surface area (TPSA) is 4.93 Å². The summed E-state index contributed by atoms with van der Waals surface area (Å²) in [6.07, 6.45) is 0. The first-order valence-electron chi connectivity index (χ1n) is 6.07. The van der Waals surface area contributed by atoms with Gasteiger partial charge in [-0.25, -0.2) is 0 Å². The Balaban J connectivity index is 2.15. The van der Waals surface area contributed by atoms with E-state index in [-0.39, 0.29) is 0 Å². The average molecular weight is 284 g/mol. The van der Waals surface area contributed by atoms with Gasteiger partial charge in [-0.2, -0.15) is 0 Å². The van der Waals surface area contributed by atoms with Gasteiger partial charge in [-0.3, -0.25) is 0 Å². The normalized spacial score (nSPS) is 11.4. The molecule has 0 saturated heterocycles. The number of para-hydroxylation sites is 1. The van der Waals surface area contributed by atoms with Crippen molar-refractivity contribution in [1.82, 2.24) is 4.57 Å². The molecule has 0 bridgehead atoms. The van der Waals surface area contributed by atoms with E-state index in [1.165, 1.54) is 21.1 Å². The number of nitrogens with zero attached hydrogens (tertiary/aromatic N) is 1. The Hall–Kier alpha value is -1.77. The van der Waals surface area contributed by atoms with Gasteiger partial charge in [0.05, 0.1) is 15.7 Å². The van der Waals surface area contributed by atoms with Crippen molar-refractivity contribution in [3.05, 3.63) is 65.0 Å². The van der Waals surface area contributed by atoms with Crippen molar-refractivity contribution in [3.8, 4) is 5.69 Å². The van der Waals surface area contributed by atoms with Crippen LogP contribution in [0.5, 0.6) is 0 Å². The van der Waals surface area contributed by atoms with Crippen molar-refractivity contribution in [2.75, 3.05) is 0 Å². The molecular formula is C16H10ClNS. The van der Waals surface area contributed by atoms with Gasteiger partial charge in [0.1, 0.15) is 0 Å². The number of halogens is 1. The summed E-state index contributed by atoms with van der Waals surface area (Å²) in [5, 5.41) is 4.22. The third-order valence-corrected chi connectivity index (χ3v) is 4.55. The summed E-state index contributed by atoms with van der Waals surface area (Å²) in [4.78, 5) is 0. The summed E-state index contributed by atoms with van der Waals surface area (Å²) in [6.45, 7) is 0. The molecule has 3 heteroatoms. The van der Waals surface area contributed by atoms with Crippen molar-refractivity contribution in [3.63, 3.8) is 0 Å². The van der Waals surface area contributed by atoms with E-state index in [0.29, 0.717) is 0 Å². The molecule has 4 aromatic rings. The second-order valence-electron chi connectivity index (χ2n) is 4.46. The summed E-state index contributed by atoms with van der Waals surface area (Å²) < 4.78 is 3.63. The van der Waals surface area contributed by atoms with Gasteiger partial charge in [0.15, 0.2) is 0 Å². The quantitative estimate of drug-likeness (QED) is 0.435. The van der Waals surface area contributed by atoms with Gasteiger partial charge in [0.2, 0.25) is 0 Å². The molecule has 0 spiro atoms. The Kier molecular flexibility index (Phi) is 2.40. The predicted octanol–water partition coefficient (Wildman–Crippen LogP) is 5.50. The Labute approximate surface area is 119 Å². The average Bonchev–Trinajstić information content (AvgIpc) is 3.00. The molecule has 2 aromatic heterocycles. The minimum atomic E-state index is 0.766. The molecule has 0 aliphatic carbocycles. The maximum atomic E-state index is 5.98. The van der Waals surface area contributed by atoms with Crippen LogP contribution in [-0.4, -0.2) is 4.57 Å². The number of benzene rings is 2. The molecule has 19 heavy (non-hydrogen) atoms. The lowest BCUT2D eigenvalue weighted by molar-refractivity contribution is 1.18. The second kappa shape index (κ2) is 4.12. The maximum Gasteiger partial charge on any atom is 0.0648 e. The van der Waals surface area contributed by atoms with E-state index in [4.69, 9.17) is 11.6 Å².